The zero-order valence-corrected chi connectivity index (χ0v) is 13.7. The van der Waals surface area contributed by atoms with Gasteiger partial charge < -0.3 is 15.4 Å². The Morgan fingerprint density at radius 3 is 2.48 bits per heavy atom. The fourth-order valence-electron chi connectivity index (χ4n) is 2.82. The van der Waals surface area contributed by atoms with E-state index >= 15 is 0 Å². The summed E-state index contributed by atoms with van der Waals surface area (Å²) in [6, 6.07) is 7.29. The van der Waals surface area contributed by atoms with Crippen LogP contribution in [0.1, 0.15) is 31.2 Å². The summed E-state index contributed by atoms with van der Waals surface area (Å²) in [5.41, 5.74) is 0.0729. The molecule has 1 saturated heterocycles. The van der Waals surface area contributed by atoms with E-state index in [4.69, 9.17) is 16.3 Å². The number of hydrogen-bond donors (Lipinski definition) is 2. The molecule has 2 aliphatic rings. The minimum absolute atomic E-state index is 0.0897. The maximum absolute atomic E-state index is 12.4. The van der Waals surface area contributed by atoms with E-state index in [0.717, 1.165) is 25.0 Å². The van der Waals surface area contributed by atoms with Gasteiger partial charge >= 0.3 is 0 Å². The molecule has 6 heteroatoms. The van der Waals surface area contributed by atoms with E-state index in [1.165, 1.54) is 0 Å². The standard InChI is InChI=1S/C17H21ClN2O3/c18-13-5-3-12(4-6-13)10-19-15(21)17(7-8-17)16(22)20-11-14-2-1-9-23-14/h3-6,14H,1-2,7-11H2,(H,19,21)(H,20,22). The van der Waals surface area contributed by atoms with Crippen LogP contribution >= 0.6 is 11.6 Å². The summed E-state index contributed by atoms with van der Waals surface area (Å²) in [6.07, 6.45) is 3.31. The van der Waals surface area contributed by atoms with Crippen molar-refractivity contribution in [2.75, 3.05) is 13.2 Å². The first-order valence-electron chi connectivity index (χ1n) is 8.03. The summed E-state index contributed by atoms with van der Waals surface area (Å²) < 4.78 is 5.49. The first-order valence-corrected chi connectivity index (χ1v) is 8.41. The Bertz CT molecular complexity index is 578. The molecule has 1 aromatic carbocycles. The van der Waals surface area contributed by atoms with Gasteiger partial charge in [0.15, 0.2) is 0 Å². The third-order valence-electron chi connectivity index (χ3n) is 4.50. The van der Waals surface area contributed by atoms with Gasteiger partial charge in [0.2, 0.25) is 11.8 Å². The minimum atomic E-state index is -0.884. The Morgan fingerprint density at radius 1 is 1.17 bits per heavy atom. The molecule has 23 heavy (non-hydrogen) atoms. The van der Waals surface area contributed by atoms with Crippen molar-refractivity contribution in [3.8, 4) is 0 Å². The average molecular weight is 337 g/mol. The van der Waals surface area contributed by atoms with Gasteiger partial charge in [-0.1, -0.05) is 23.7 Å². The molecule has 124 valence electrons. The van der Waals surface area contributed by atoms with Crippen LogP contribution < -0.4 is 10.6 Å². The Hall–Kier alpha value is -1.59. The molecular weight excluding hydrogens is 316 g/mol. The molecular formula is C17H21ClN2O3. The van der Waals surface area contributed by atoms with Crippen LogP contribution in [0.4, 0.5) is 0 Å². The predicted octanol–water partition coefficient (Wildman–Crippen LogP) is 2.03. The second-order valence-corrected chi connectivity index (χ2v) is 6.67. The molecule has 1 unspecified atom stereocenters. The van der Waals surface area contributed by atoms with Gasteiger partial charge in [0.1, 0.15) is 5.41 Å². The number of benzene rings is 1. The molecule has 1 heterocycles. The highest BCUT2D eigenvalue weighted by atomic mass is 35.5. The molecule has 1 atom stereocenters. The zero-order valence-electron chi connectivity index (χ0n) is 12.9. The number of ether oxygens (including phenoxy) is 1. The number of carbonyl (C=O) groups is 2. The van der Waals surface area contributed by atoms with Crippen LogP contribution in [0.25, 0.3) is 0 Å². The molecule has 5 nitrogen and oxygen atoms in total. The van der Waals surface area contributed by atoms with Crippen molar-refractivity contribution >= 4 is 23.4 Å². The van der Waals surface area contributed by atoms with Crippen molar-refractivity contribution < 1.29 is 14.3 Å². The SMILES string of the molecule is O=C(NCc1ccc(Cl)cc1)C1(C(=O)NCC2CCCO2)CC1. The van der Waals surface area contributed by atoms with Crippen LogP contribution in [0.5, 0.6) is 0 Å². The van der Waals surface area contributed by atoms with Crippen molar-refractivity contribution in [3.63, 3.8) is 0 Å². The number of halogens is 1. The lowest BCUT2D eigenvalue weighted by atomic mass is 10.0. The summed E-state index contributed by atoms with van der Waals surface area (Å²) in [5, 5.41) is 6.39. The first-order chi connectivity index (χ1) is 11.1. The average Bonchev–Trinajstić information content (AvgIpc) is 3.21. The van der Waals surface area contributed by atoms with Gasteiger partial charge in [0, 0.05) is 24.7 Å². The van der Waals surface area contributed by atoms with E-state index in [0.29, 0.717) is 31.0 Å². The molecule has 0 bridgehead atoms. The summed E-state index contributed by atoms with van der Waals surface area (Å²) in [4.78, 5) is 24.7. The van der Waals surface area contributed by atoms with Crippen molar-refractivity contribution in [2.45, 2.75) is 38.3 Å². The molecule has 1 aliphatic heterocycles. The second kappa shape index (κ2) is 6.89. The lowest BCUT2D eigenvalue weighted by molar-refractivity contribution is -0.137. The van der Waals surface area contributed by atoms with Crippen molar-refractivity contribution in [1.82, 2.24) is 10.6 Å². The lowest BCUT2D eigenvalue weighted by Crippen LogP contribution is -2.44. The van der Waals surface area contributed by atoms with Gasteiger partial charge in [-0.25, -0.2) is 0 Å². The van der Waals surface area contributed by atoms with Crippen molar-refractivity contribution in [3.05, 3.63) is 34.9 Å². The fraction of sp³-hybridized carbons (Fsp3) is 0.529. The van der Waals surface area contributed by atoms with Gasteiger partial charge in [-0.15, -0.1) is 0 Å². The molecule has 0 radical (unpaired) electrons. The Kier molecular flexibility index (Phi) is 4.87. The van der Waals surface area contributed by atoms with Crippen LogP contribution in [0.2, 0.25) is 5.02 Å². The highest BCUT2D eigenvalue weighted by molar-refractivity contribution is 6.30. The zero-order chi connectivity index (χ0) is 16.3. The molecule has 2 N–H and O–H groups in total. The van der Waals surface area contributed by atoms with E-state index in [9.17, 15) is 9.59 Å². The predicted molar refractivity (Wildman–Crippen MR) is 86.9 cm³/mol. The van der Waals surface area contributed by atoms with Crippen LogP contribution in [0.3, 0.4) is 0 Å². The number of nitrogens with one attached hydrogen (secondary N) is 2. The number of hydrogen-bond acceptors (Lipinski definition) is 3. The smallest absolute Gasteiger partial charge is 0.235 e. The fourth-order valence-corrected chi connectivity index (χ4v) is 2.94. The first kappa shape index (κ1) is 16.3. The van der Waals surface area contributed by atoms with Crippen LogP contribution in [-0.4, -0.2) is 31.1 Å². The molecule has 0 spiro atoms. The van der Waals surface area contributed by atoms with Gasteiger partial charge in [0.05, 0.1) is 6.10 Å². The Balaban J connectivity index is 1.49. The molecule has 0 aromatic heterocycles. The van der Waals surface area contributed by atoms with E-state index < -0.39 is 5.41 Å². The highest BCUT2D eigenvalue weighted by Gasteiger charge is 2.56. The minimum Gasteiger partial charge on any atom is -0.376 e. The molecule has 1 saturated carbocycles. The van der Waals surface area contributed by atoms with Gasteiger partial charge in [0.25, 0.3) is 0 Å². The van der Waals surface area contributed by atoms with Gasteiger partial charge in [-0.2, -0.15) is 0 Å². The van der Waals surface area contributed by atoms with E-state index in [-0.39, 0.29) is 17.9 Å². The number of rotatable bonds is 6. The number of carbonyl (C=O) groups excluding carboxylic acids is 2. The van der Waals surface area contributed by atoms with Crippen LogP contribution in [-0.2, 0) is 20.9 Å². The molecule has 3 rings (SSSR count). The topological polar surface area (TPSA) is 67.4 Å². The maximum Gasteiger partial charge on any atom is 0.235 e. The normalized spacial score (nSPS) is 21.7. The van der Waals surface area contributed by atoms with Gasteiger partial charge in [-0.05, 0) is 43.4 Å². The second-order valence-electron chi connectivity index (χ2n) is 6.24. The third kappa shape index (κ3) is 3.85. The Morgan fingerprint density at radius 2 is 1.87 bits per heavy atom. The maximum atomic E-state index is 12.4. The van der Waals surface area contributed by atoms with Crippen molar-refractivity contribution in [1.29, 1.82) is 0 Å². The molecule has 2 fully saturated rings. The summed E-state index contributed by atoms with van der Waals surface area (Å²) in [5.74, 6) is -0.376. The summed E-state index contributed by atoms with van der Waals surface area (Å²) in [6.45, 7) is 1.65. The summed E-state index contributed by atoms with van der Waals surface area (Å²) in [7, 11) is 0. The third-order valence-corrected chi connectivity index (χ3v) is 4.75. The monoisotopic (exact) mass is 336 g/mol. The lowest BCUT2D eigenvalue weighted by Gasteiger charge is -2.17. The molecule has 1 aromatic rings. The quantitative estimate of drug-likeness (QED) is 0.781. The van der Waals surface area contributed by atoms with Crippen LogP contribution in [0, 0.1) is 5.41 Å². The van der Waals surface area contributed by atoms with Gasteiger partial charge in [-0.3, -0.25) is 9.59 Å². The van der Waals surface area contributed by atoms with E-state index in [2.05, 4.69) is 10.6 Å². The van der Waals surface area contributed by atoms with E-state index in [1.54, 1.807) is 12.1 Å². The highest BCUT2D eigenvalue weighted by Crippen LogP contribution is 2.46. The molecule has 1 aliphatic carbocycles. The largest absolute Gasteiger partial charge is 0.376 e. The van der Waals surface area contributed by atoms with Crippen LogP contribution in [0.15, 0.2) is 24.3 Å². The van der Waals surface area contributed by atoms with E-state index in [1.807, 2.05) is 12.1 Å². The number of amides is 2. The van der Waals surface area contributed by atoms with Crippen molar-refractivity contribution in [2.24, 2.45) is 5.41 Å². The Labute approximate surface area is 140 Å². The molecule has 2 amide bonds. The summed E-state index contributed by atoms with van der Waals surface area (Å²) >= 11 is 5.84.